The number of aliphatic carboxylic acids is 1. The van der Waals surface area contributed by atoms with E-state index in [2.05, 4.69) is 15.4 Å². The first-order valence-electron chi connectivity index (χ1n) is 8.89. The Morgan fingerprint density at radius 2 is 1.93 bits per heavy atom. The number of methoxy groups -OCH3 is 1. The molecule has 0 aliphatic carbocycles. The van der Waals surface area contributed by atoms with E-state index in [1.54, 1.807) is 48.3 Å². The van der Waals surface area contributed by atoms with Crippen molar-refractivity contribution in [3.63, 3.8) is 0 Å². The van der Waals surface area contributed by atoms with Crippen LogP contribution >= 0.6 is 0 Å². The van der Waals surface area contributed by atoms with Crippen LogP contribution in [0.1, 0.15) is 48.3 Å². The van der Waals surface area contributed by atoms with Gasteiger partial charge in [0, 0.05) is 17.6 Å². The summed E-state index contributed by atoms with van der Waals surface area (Å²) in [4.78, 5) is 28.3. The third kappa shape index (κ3) is 4.11. The molecule has 0 radical (unpaired) electrons. The third-order valence-corrected chi connectivity index (χ3v) is 4.39. The van der Waals surface area contributed by atoms with E-state index in [1.165, 1.54) is 6.20 Å². The van der Waals surface area contributed by atoms with Crippen LogP contribution < -0.4 is 10.1 Å². The van der Waals surface area contributed by atoms with Crippen LogP contribution in [-0.2, 0) is 4.79 Å². The van der Waals surface area contributed by atoms with Crippen molar-refractivity contribution in [2.24, 2.45) is 0 Å². The predicted octanol–water partition coefficient (Wildman–Crippen LogP) is 2.97. The van der Waals surface area contributed by atoms with Crippen LogP contribution in [0, 0.1) is 0 Å². The highest BCUT2D eigenvalue weighted by atomic mass is 16.5. The van der Waals surface area contributed by atoms with Crippen LogP contribution in [-0.4, -0.2) is 38.9 Å². The van der Waals surface area contributed by atoms with Crippen molar-refractivity contribution in [3.05, 3.63) is 53.9 Å². The highest BCUT2D eigenvalue weighted by Gasteiger charge is 2.20. The molecule has 28 heavy (non-hydrogen) atoms. The molecular weight excluding hydrogens is 360 g/mol. The summed E-state index contributed by atoms with van der Waals surface area (Å²) in [6.45, 7) is 4.00. The molecule has 3 aromatic rings. The van der Waals surface area contributed by atoms with E-state index < -0.39 is 17.9 Å². The molecule has 1 amide bonds. The first-order chi connectivity index (χ1) is 13.4. The summed E-state index contributed by atoms with van der Waals surface area (Å²) in [6, 6.07) is 8.11. The maximum Gasteiger partial charge on any atom is 0.305 e. The van der Waals surface area contributed by atoms with Crippen LogP contribution in [0.25, 0.3) is 11.0 Å². The lowest BCUT2D eigenvalue weighted by atomic mass is 10.0. The highest BCUT2D eigenvalue weighted by molar-refractivity contribution is 5.97. The topological polar surface area (TPSA) is 106 Å². The number of carbonyl (C=O) groups is 2. The van der Waals surface area contributed by atoms with Crippen LogP contribution in [0.3, 0.4) is 0 Å². The van der Waals surface area contributed by atoms with Crippen molar-refractivity contribution in [2.45, 2.75) is 32.4 Å². The minimum absolute atomic E-state index is 0.152. The Morgan fingerprint density at radius 3 is 2.54 bits per heavy atom. The number of amides is 1. The average Bonchev–Trinajstić information content (AvgIpc) is 3.10. The van der Waals surface area contributed by atoms with E-state index in [0.717, 1.165) is 5.39 Å². The van der Waals surface area contributed by atoms with Gasteiger partial charge in [-0.15, -0.1) is 0 Å². The normalized spacial score (nSPS) is 12.1. The van der Waals surface area contributed by atoms with Gasteiger partial charge in [-0.05, 0) is 37.6 Å². The number of carboxylic acid groups (broad SMARTS) is 1. The Kier molecular flexibility index (Phi) is 5.58. The van der Waals surface area contributed by atoms with Gasteiger partial charge in [0.2, 0.25) is 0 Å². The average molecular weight is 382 g/mol. The summed E-state index contributed by atoms with van der Waals surface area (Å²) in [5.74, 6) is -0.748. The SMILES string of the molecule is COc1ccc([C@H](CC(=O)O)NC(=O)c2cnc3c(cnn3C(C)C)c2)cc1. The zero-order valence-electron chi connectivity index (χ0n) is 15.9. The second kappa shape index (κ2) is 8.08. The summed E-state index contributed by atoms with van der Waals surface area (Å²) in [5.41, 5.74) is 1.72. The van der Waals surface area contributed by atoms with Crippen LogP contribution in [0.4, 0.5) is 0 Å². The molecule has 2 aromatic heterocycles. The molecule has 3 rings (SSSR count). The second-order valence-corrected chi connectivity index (χ2v) is 6.72. The molecule has 0 aliphatic rings. The quantitative estimate of drug-likeness (QED) is 0.651. The van der Waals surface area contributed by atoms with E-state index in [9.17, 15) is 14.7 Å². The smallest absolute Gasteiger partial charge is 0.305 e. The zero-order valence-corrected chi connectivity index (χ0v) is 15.9. The van der Waals surface area contributed by atoms with Gasteiger partial charge in [0.05, 0.1) is 31.3 Å². The van der Waals surface area contributed by atoms with Gasteiger partial charge in [-0.1, -0.05) is 12.1 Å². The third-order valence-electron chi connectivity index (χ3n) is 4.39. The zero-order chi connectivity index (χ0) is 20.3. The van der Waals surface area contributed by atoms with E-state index in [-0.39, 0.29) is 12.5 Å². The maximum absolute atomic E-state index is 12.7. The lowest BCUT2D eigenvalue weighted by Gasteiger charge is -2.18. The molecule has 0 unspecified atom stereocenters. The molecule has 8 nitrogen and oxygen atoms in total. The number of fused-ring (bicyclic) bond motifs is 1. The van der Waals surface area contributed by atoms with Crippen molar-refractivity contribution in [3.8, 4) is 5.75 Å². The molecule has 0 saturated heterocycles. The van der Waals surface area contributed by atoms with Crippen molar-refractivity contribution >= 4 is 22.9 Å². The van der Waals surface area contributed by atoms with E-state index >= 15 is 0 Å². The van der Waals surface area contributed by atoms with E-state index in [4.69, 9.17) is 4.74 Å². The minimum atomic E-state index is -1.01. The predicted molar refractivity (Wildman–Crippen MR) is 103 cm³/mol. The van der Waals surface area contributed by atoms with E-state index in [0.29, 0.717) is 22.5 Å². The number of aromatic nitrogens is 3. The molecule has 2 heterocycles. The Labute approximate surface area is 162 Å². The largest absolute Gasteiger partial charge is 0.497 e. The number of hydrogen-bond donors (Lipinski definition) is 2. The van der Waals surface area contributed by atoms with Gasteiger partial charge in [0.15, 0.2) is 5.65 Å². The summed E-state index contributed by atoms with van der Waals surface area (Å²) in [7, 11) is 1.55. The fraction of sp³-hybridized carbons (Fsp3) is 0.300. The Hall–Kier alpha value is -3.42. The van der Waals surface area contributed by atoms with Gasteiger partial charge in [-0.3, -0.25) is 9.59 Å². The number of pyridine rings is 1. The Bertz CT molecular complexity index is 995. The van der Waals surface area contributed by atoms with Crippen molar-refractivity contribution in [2.75, 3.05) is 7.11 Å². The molecule has 0 saturated carbocycles. The lowest BCUT2D eigenvalue weighted by molar-refractivity contribution is -0.137. The van der Waals surface area contributed by atoms with Gasteiger partial charge in [-0.2, -0.15) is 5.10 Å². The molecule has 0 spiro atoms. The van der Waals surface area contributed by atoms with Crippen LogP contribution in [0.2, 0.25) is 0 Å². The summed E-state index contributed by atoms with van der Waals surface area (Å²) < 4.78 is 6.90. The Morgan fingerprint density at radius 1 is 1.21 bits per heavy atom. The number of ether oxygens (including phenoxy) is 1. The van der Waals surface area contributed by atoms with Crippen LogP contribution in [0.5, 0.6) is 5.75 Å². The fourth-order valence-corrected chi connectivity index (χ4v) is 2.95. The summed E-state index contributed by atoms with van der Waals surface area (Å²) in [5, 5.41) is 17.1. The molecule has 2 N–H and O–H groups in total. The first kappa shape index (κ1) is 19.3. The van der Waals surface area contributed by atoms with Crippen LogP contribution in [0.15, 0.2) is 42.7 Å². The second-order valence-electron chi connectivity index (χ2n) is 6.72. The standard InChI is InChI=1S/C20H22N4O4/c1-12(2)24-19-14(11-22-24)8-15(10-21-19)20(27)23-17(9-18(25)26)13-4-6-16(28-3)7-5-13/h4-8,10-12,17H,9H2,1-3H3,(H,23,27)(H,25,26)/t17-/m0/s1. The fourth-order valence-electron chi connectivity index (χ4n) is 2.95. The molecule has 8 heteroatoms. The van der Waals surface area contributed by atoms with Gasteiger partial charge in [-0.25, -0.2) is 9.67 Å². The number of nitrogens with zero attached hydrogens (tertiary/aromatic N) is 3. The van der Waals surface area contributed by atoms with Gasteiger partial charge in [0.1, 0.15) is 5.75 Å². The molecule has 146 valence electrons. The summed E-state index contributed by atoms with van der Waals surface area (Å²) in [6.07, 6.45) is 2.90. The van der Waals surface area contributed by atoms with Gasteiger partial charge < -0.3 is 15.2 Å². The summed E-state index contributed by atoms with van der Waals surface area (Å²) >= 11 is 0. The number of carbonyl (C=O) groups excluding carboxylic acids is 1. The number of carboxylic acids is 1. The van der Waals surface area contributed by atoms with Gasteiger partial charge in [0.25, 0.3) is 5.91 Å². The minimum Gasteiger partial charge on any atom is -0.497 e. The number of hydrogen-bond acceptors (Lipinski definition) is 5. The van der Waals surface area contributed by atoms with E-state index in [1.807, 2.05) is 13.8 Å². The molecule has 0 fully saturated rings. The number of nitrogens with one attached hydrogen (secondary N) is 1. The number of rotatable bonds is 7. The molecule has 0 aliphatic heterocycles. The first-order valence-corrected chi connectivity index (χ1v) is 8.89. The van der Waals surface area contributed by atoms with Crippen molar-refractivity contribution in [1.29, 1.82) is 0 Å². The monoisotopic (exact) mass is 382 g/mol. The van der Waals surface area contributed by atoms with Crippen molar-refractivity contribution < 1.29 is 19.4 Å². The number of benzene rings is 1. The maximum atomic E-state index is 12.7. The van der Waals surface area contributed by atoms with Crippen molar-refractivity contribution in [1.82, 2.24) is 20.1 Å². The molecule has 1 atom stereocenters. The highest BCUT2D eigenvalue weighted by Crippen LogP contribution is 2.22. The van der Waals surface area contributed by atoms with Gasteiger partial charge >= 0.3 is 5.97 Å². The molecule has 1 aromatic carbocycles. The lowest BCUT2D eigenvalue weighted by Crippen LogP contribution is -2.30. The Balaban J connectivity index is 1.84. The molecular formula is C20H22N4O4. The molecule has 0 bridgehead atoms.